The van der Waals surface area contributed by atoms with Gasteiger partial charge < -0.3 is 5.32 Å². The van der Waals surface area contributed by atoms with Crippen LogP contribution >= 0.6 is 27.5 Å². The molecule has 0 aliphatic heterocycles. The fourth-order valence-electron chi connectivity index (χ4n) is 1.48. The van der Waals surface area contributed by atoms with Crippen LogP contribution in [-0.2, 0) is 0 Å². The van der Waals surface area contributed by atoms with Crippen molar-refractivity contribution >= 4 is 39.0 Å². The number of rotatable bonds is 2. The molecule has 1 aromatic heterocycles. The first kappa shape index (κ1) is 12.8. The lowest BCUT2D eigenvalue weighted by Gasteiger charge is -2.10. The first-order valence-corrected chi connectivity index (χ1v) is 6.23. The minimum atomic E-state index is 0.318. The second kappa shape index (κ2) is 5.34. The molecule has 90 valence electrons. The Hall–Kier alpha value is -1.64. The summed E-state index contributed by atoms with van der Waals surface area (Å²) in [6, 6.07) is 7.73. The Kier molecular flexibility index (Phi) is 3.80. The lowest BCUT2D eigenvalue weighted by molar-refractivity contribution is 1.15. The van der Waals surface area contributed by atoms with Crippen molar-refractivity contribution in [3.05, 3.63) is 45.3 Å². The molecule has 0 fully saturated rings. The van der Waals surface area contributed by atoms with Gasteiger partial charge in [-0.15, -0.1) is 0 Å². The van der Waals surface area contributed by atoms with Crippen LogP contribution in [0.15, 0.2) is 29.0 Å². The lowest BCUT2D eigenvalue weighted by Crippen LogP contribution is -1.99. The molecule has 4 nitrogen and oxygen atoms in total. The Balaban J connectivity index is 2.44. The molecular formula is C12H8BrClN4. The Morgan fingerprint density at radius 2 is 2.17 bits per heavy atom. The van der Waals surface area contributed by atoms with Gasteiger partial charge >= 0.3 is 0 Å². The van der Waals surface area contributed by atoms with Crippen molar-refractivity contribution in [1.29, 1.82) is 5.26 Å². The van der Waals surface area contributed by atoms with E-state index in [0.29, 0.717) is 26.7 Å². The van der Waals surface area contributed by atoms with Crippen LogP contribution in [0.25, 0.3) is 0 Å². The number of aryl methyl sites for hydroxylation is 1. The molecule has 2 aromatic rings. The summed E-state index contributed by atoms with van der Waals surface area (Å²) >= 11 is 9.18. The molecule has 18 heavy (non-hydrogen) atoms. The van der Waals surface area contributed by atoms with Crippen molar-refractivity contribution in [2.75, 3.05) is 5.32 Å². The first-order valence-electron chi connectivity index (χ1n) is 5.06. The van der Waals surface area contributed by atoms with E-state index in [2.05, 4.69) is 37.3 Å². The standard InChI is InChI=1S/C12H8BrClN4/c1-7-3-2-4-9(8(7)5-15)18-12-10(13)11(14)16-6-17-12/h2-4,6H,1H3,(H,16,17,18). The maximum atomic E-state index is 9.14. The van der Waals surface area contributed by atoms with Gasteiger partial charge in [-0.25, -0.2) is 9.97 Å². The van der Waals surface area contributed by atoms with Crippen LogP contribution in [0.1, 0.15) is 11.1 Å². The van der Waals surface area contributed by atoms with Crippen LogP contribution < -0.4 is 5.32 Å². The van der Waals surface area contributed by atoms with E-state index < -0.39 is 0 Å². The molecule has 0 saturated carbocycles. The second-order valence-electron chi connectivity index (χ2n) is 3.56. The monoisotopic (exact) mass is 322 g/mol. The number of anilines is 2. The van der Waals surface area contributed by atoms with Gasteiger partial charge in [0.15, 0.2) is 0 Å². The number of nitrogens with one attached hydrogen (secondary N) is 1. The Bertz CT molecular complexity index is 636. The average Bonchev–Trinajstić information content (AvgIpc) is 2.35. The summed E-state index contributed by atoms with van der Waals surface area (Å²) in [5.41, 5.74) is 2.17. The van der Waals surface area contributed by atoms with Crippen LogP contribution in [0.3, 0.4) is 0 Å². The van der Waals surface area contributed by atoms with Crippen molar-refractivity contribution in [3.63, 3.8) is 0 Å². The third kappa shape index (κ3) is 2.45. The van der Waals surface area contributed by atoms with Crippen molar-refractivity contribution in [2.24, 2.45) is 0 Å². The Morgan fingerprint density at radius 3 is 2.89 bits per heavy atom. The van der Waals surface area contributed by atoms with Gasteiger partial charge in [-0.05, 0) is 34.5 Å². The molecule has 0 bridgehead atoms. The molecule has 1 aromatic carbocycles. The van der Waals surface area contributed by atoms with Gasteiger partial charge in [0, 0.05) is 0 Å². The normalized spacial score (nSPS) is 9.89. The lowest BCUT2D eigenvalue weighted by atomic mass is 10.1. The van der Waals surface area contributed by atoms with E-state index in [0.717, 1.165) is 5.56 Å². The molecule has 0 aliphatic carbocycles. The molecule has 1 N–H and O–H groups in total. The predicted molar refractivity (Wildman–Crippen MR) is 73.9 cm³/mol. The number of hydrogen-bond donors (Lipinski definition) is 1. The zero-order chi connectivity index (χ0) is 13.1. The summed E-state index contributed by atoms with van der Waals surface area (Å²) in [5.74, 6) is 0.525. The highest BCUT2D eigenvalue weighted by molar-refractivity contribution is 9.10. The Labute approximate surface area is 118 Å². The summed E-state index contributed by atoms with van der Waals surface area (Å²) < 4.78 is 0.567. The highest BCUT2D eigenvalue weighted by Gasteiger charge is 2.10. The van der Waals surface area contributed by atoms with Crippen LogP contribution in [0.2, 0.25) is 5.15 Å². The average molecular weight is 324 g/mol. The number of halogens is 2. The molecule has 0 spiro atoms. The van der Waals surface area contributed by atoms with E-state index in [1.54, 1.807) is 0 Å². The smallest absolute Gasteiger partial charge is 0.149 e. The molecule has 6 heteroatoms. The summed E-state index contributed by atoms with van der Waals surface area (Å²) in [6.45, 7) is 1.88. The summed E-state index contributed by atoms with van der Waals surface area (Å²) in [7, 11) is 0. The van der Waals surface area contributed by atoms with E-state index in [4.69, 9.17) is 16.9 Å². The fraction of sp³-hybridized carbons (Fsp3) is 0.0833. The molecule has 2 rings (SSSR count). The minimum absolute atomic E-state index is 0.318. The molecule has 0 radical (unpaired) electrons. The van der Waals surface area contributed by atoms with Crippen molar-refractivity contribution in [2.45, 2.75) is 6.92 Å². The van der Waals surface area contributed by atoms with Gasteiger partial charge in [-0.2, -0.15) is 5.26 Å². The van der Waals surface area contributed by atoms with E-state index in [-0.39, 0.29) is 0 Å². The Morgan fingerprint density at radius 1 is 1.39 bits per heavy atom. The van der Waals surface area contributed by atoms with E-state index in [1.165, 1.54) is 6.33 Å². The number of aromatic nitrogens is 2. The maximum absolute atomic E-state index is 9.14. The maximum Gasteiger partial charge on any atom is 0.149 e. The SMILES string of the molecule is Cc1cccc(Nc2ncnc(Cl)c2Br)c1C#N. The highest BCUT2D eigenvalue weighted by Crippen LogP contribution is 2.30. The van der Waals surface area contributed by atoms with Gasteiger partial charge in [-0.1, -0.05) is 23.7 Å². The third-order valence-corrected chi connectivity index (χ3v) is 3.65. The van der Waals surface area contributed by atoms with Gasteiger partial charge in [-0.3, -0.25) is 0 Å². The van der Waals surface area contributed by atoms with Crippen molar-refractivity contribution < 1.29 is 0 Å². The van der Waals surface area contributed by atoms with Gasteiger partial charge in [0.1, 0.15) is 23.4 Å². The van der Waals surface area contributed by atoms with Crippen LogP contribution in [0, 0.1) is 18.3 Å². The largest absolute Gasteiger partial charge is 0.338 e. The quantitative estimate of drug-likeness (QED) is 0.854. The molecule has 1 heterocycles. The van der Waals surface area contributed by atoms with Crippen LogP contribution in [0.4, 0.5) is 11.5 Å². The van der Waals surface area contributed by atoms with E-state index in [9.17, 15) is 0 Å². The minimum Gasteiger partial charge on any atom is -0.338 e. The number of benzene rings is 1. The zero-order valence-corrected chi connectivity index (χ0v) is 11.7. The van der Waals surface area contributed by atoms with Gasteiger partial charge in [0.2, 0.25) is 0 Å². The zero-order valence-electron chi connectivity index (χ0n) is 9.41. The van der Waals surface area contributed by atoms with Gasteiger partial charge in [0.05, 0.1) is 15.7 Å². The summed E-state index contributed by atoms with van der Waals surface area (Å²) in [4.78, 5) is 7.92. The molecule has 0 atom stereocenters. The fourth-order valence-corrected chi connectivity index (χ4v) is 1.92. The molecule has 0 amide bonds. The van der Waals surface area contributed by atoms with Gasteiger partial charge in [0.25, 0.3) is 0 Å². The van der Waals surface area contributed by atoms with Crippen LogP contribution in [0.5, 0.6) is 0 Å². The number of nitriles is 1. The van der Waals surface area contributed by atoms with Crippen molar-refractivity contribution in [3.8, 4) is 6.07 Å². The predicted octanol–water partition coefficient (Wildman–Crippen LogP) is 3.82. The topological polar surface area (TPSA) is 61.6 Å². The van der Waals surface area contributed by atoms with Crippen LogP contribution in [-0.4, -0.2) is 9.97 Å². The molecule has 0 unspecified atom stereocenters. The summed E-state index contributed by atoms with van der Waals surface area (Å²) in [5, 5.41) is 12.5. The second-order valence-corrected chi connectivity index (χ2v) is 4.71. The van der Waals surface area contributed by atoms with E-state index in [1.807, 2.05) is 25.1 Å². The molecule has 0 aliphatic rings. The molecule has 0 saturated heterocycles. The summed E-state index contributed by atoms with van der Waals surface area (Å²) in [6.07, 6.45) is 1.36. The number of nitrogens with zero attached hydrogens (tertiary/aromatic N) is 3. The first-order chi connectivity index (χ1) is 8.63. The number of hydrogen-bond acceptors (Lipinski definition) is 4. The highest BCUT2D eigenvalue weighted by atomic mass is 79.9. The molecular weight excluding hydrogens is 316 g/mol. The third-order valence-electron chi connectivity index (χ3n) is 2.38. The van der Waals surface area contributed by atoms with Crippen molar-refractivity contribution in [1.82, 2.24) is 9.97 Å². The van der Waals surface area contributed by atoms with E-state index >= 15 is 0 Å².